The maximum atomic E-state index is 14.5. The van der Waals surface area contributed by atoms with Crippen molar-refractivity contribution in [3.63, 3.8) is 0 Å². The molecule has 1 amide bonds. The highest BCUT2D eigenvalue weighted by atomic mass is 19.3. The molecule has 0 bridgehead atoms. The number of oxazole rings is 1. The molecule has 10 heteroatoms. The van der Waals surface area contributed by atoms with Crippen LogP contribution in [0.1, 0.15) is 48.5 Å². The molecule has 1 aliphatic rings. The molecule has 1 unspecified atom stereocenters. The second kappa shape index (κ2) is 6.84. The molecule has 3 rings (SSSR count). The molecule has 1 atom stereocenters. The van der Waals surface area contributed by atoms with Crippen LogP contribution in [0.15, 0.2) is 34.0 Å². The molecular formula is C18H19F3N4O3. The van der Waals surface area contributed by atoms with Gasteiger partial charge < -0.3 is 20.2 Å². The van der Waals surface area contributed by atoms with Gasteiger partial charge in [0.2, 0.25) is 0 Å². The van der Waals surface area contributed by atoms with Gasteiger partial charge in [-0.1, -0.05) is 13.8 Å². The van der Waals surface area contributed by atoms with Gasteiger partial charge in [0, 0.05) is 17.2 Å². The molecular weight excluding hydrogens is 377 g/mol. The number of nitrogens with zero attached hydrogens (tertiary/aromatic N) is 2. The summed E-state index contributed by atoms with van der Waals surface area (Å²) in [5.74, 6) is -4.76. The summed E-state index contributed by atoms with van der Waals surface area (Å²) < 4.78 is 53.2. The molecule has 1 aromatic carbocycles. The summed E-state index contributed by atoms with van der Waals surface area (Å²) in [7, 11) is 0. The number of halogens is 3. The summed E-state index contributed by atoms with van der Waals surface area (Å²) in [4.78, 5) is 20.0. The summed E-state index contributed by atoms with van der Waals surface area (Å²) in [5.41, 5.74) is 2.87. The molecule has 0 aliphatic carbocycles. The Hall–Kier alpha value is -3.04. The van der Waals surface area contributed by atoms with Gasteiger partial charge in [0.15, 0.2) is 24.2 Å². The highest BCUT2D eigenvalue weighted by Crippen LogP contribution is 2.44. The van der Waals surface area contributed by atoms with Crippen molar-refractivity contribution in [2.45, 2.75) is 38.2 Å². The molecule has 0 fully saturated rings. The van der Waals surface area contributed by atoms with Crippen LogP contribution in [0.5, 0.6) is 0 Å². The average molecular weight is 396 g/mol. The Bertz CT molecular complexity index is 942. The number of alkyl halides is 2. The zero-order valence-corrected chi connectivity index (χ0v) is 15.4. The number of hydrogen-bond donors (Lipinski definition) is 2. The van der Waals surface area contributed by atoms with E-state index in [1.807, 2.05) is 13.8 Å². The number of anilines is 1. The van der Waals surface area contributed by atoms with Gasteiger partial charge in [-0.25, -0.2) is 14.4 Å². The number of carbonyl (C=O) groups is 1. The van der Waals surface area contributed by atoms with Crippen LogP contribution in [-0.4, -0.2) is 29.4 Å². The van der Waals surface area contributed by atoms with Crippen molar-refractivity contribution in [1.29, 1.82) is 0 Å². The third kappa shape index (κ3) is 3.30. The Morgan fingerprint density at radius 3 is 2.75 bits per heavy atom. The zero-order valence-electron chi connectivity index (χ0n) is 15.4. The van der Waals surface area contributed by atoms with Crippen LogP contribution < -0.4 is 11.1 Å². The fraction of sp³-hybridized carbons (Fsp3) is 0.389. The Labute approximate surface area is 158 Å². The molecule has 2 aromatic rings. The lowest BCUT2D eigenvalue weighted by Crippen LogP contribution is -2.51. The van der Waals surface area contributed by atoms with Gasteiger partial charge in [-0.15, -0.1) is 0 Å². The highest BCUT2D eigenvalue weighted by molar-refractivity contribution is 6.03. The number of nitrogens with one attached hydrogen (secondary N) is 1. The van der Waals surface area contributed by atoms with Gasteiger partial charge in [-0.2, -0.15) is 8.78 Å². The largest absolute Gasteiger partial charge is 0.459 e. The minimum absolute atomic E-state index is 0.0609. The number of hydrogen-bond acceptors (Lipinski definition) is 6. The number of benzene rings is 1. The summed E-state index contributed by atoms with van der Waals surface area (Å²) in [5, 5.41) is 2.52. The first kappa shape index (κ1) is 19.7. The minimum Gasteiger partial charge on any atom is -0.459 e. The molecule has 3 N–H and O–H groups in total. The number of amides is 1. The first-order valence-corrected chi connectivity index (χ1v) is 8.46. The zero-order chi connectivity index (χ0) is 20.7. The number of rotatable bonds is 4. The highest BCUT2D eigenvalue weighted by Gasteiger charge is 2.56. The maximum absolute atomic E-state index is 14.5. The normalized spacial score (nSPS) is 21.2. The molecule has 7 nitrogen and oxygen atoms in total. The Balaban J connectivity index is 1.97. The fourth-order valence-corrected chi connectivity index (χ4v) is 2.90. The summed E-state index contributed by atoms with van der Waals surface area (Å²) in [6, 6.07) is 2.85. The summed E-state index contributed by atoms with van der Waals surface area (Å²) in [6.45, 7) is 3.67. The standard InChI is InChI=1S/C18H19F3N4O3/c1-9(2)14-13(23-8-28-14)15(26)24-10-4-5-12(19)11(6-10)17(3)18(20,21)7-27-16(22)25-17/h4-6,8-9H,7H2,1-3H3,(H2,22,25)(H,24,26). The maximum Gasteiger partial charge on any atom is 0.310 e. The fourth-order valence-electron chi connectivity index (χ4n) is 2.90. The van der Waals surface area contributed by atoms with Crippen molar-refractivity contribution >= 4 is 17.6 Å². The van der Waals surface area contributed by atoms with E-state index in [4.69, 9.17) is 10.2 Å². The van der Waals surface area contributed by atoms with E-state index < -0.39 is 41.4 Å². The smallest absolute Gasteiger partial charge is 0.310 e. The van der Waals surface area contributed by atoms with E-state index in [0.29, 0.717) is 5.76 Å². The summed E-state index contributed by atoms with van der Waals surface area (Å²) >= 11 is 0. The molecule has 150 valence electrons. The topological polar surface area (TPSA) is 103 Å². The number of carbonyl (C=O) groups excluding carboxylic acids is 1. The van der Waals surface area contributed by atoms with Crippen LogP contribution >= 0.6 is 0 Å². The van der Waals surface area contributed by atoms with E-state index in [1.54, 1.807) is 0 Å². The van der Waals surface area contributed by atoms with Crippen molar-refractivity contribution in [3.8, 4) is 0 Å². The van der Waals surface area contributed by atoms with E-state index >= 15 is 0 Å². The van der Waals surface area contributed by atoms with E-state index in [2.05, 4.69) is 20.0 Å². The van der Waals surface area contributed by atoms with E-state index in [9.17, 15) is 18.0 Å². The Kier molecular flexibility index (Phi) is 4.82. The number of aliphatic imine (C=N–C) groups is 1. The first-order chi connectivity index (χ1) is 13.0. The van der Waals surface area contributed by atoms with Gasteiger partial charge in [-0.3, -0.25) is 4.79 Å². The number of aromatic nitrogens is 1. The van der Waals surface area contributed by atoms with Gasteiger partial charge >= 0.3 is 5.92 Å². The third-order valence-electron chi connectivity index (χ3n) is 4.53. The molecule has 2 heterocycles. The van der Waals surface area contributed by atoms with E-state index in [1.165, 1.54) is 6.07 Å². The molecule has 0 saturated heterocycles. The SMILES string of the molecule is CC(C)c1ocnc1C(=O)Nc1ccc(F)c(C2(C)N=C(N)OCC2(F)F)c1. The van der Waals surface area contributed by atoms with Crippen LogP contribution in [0.2, 0.25) is 0 Å². The number of amidine groups is 1. The lowest BCUT2D eigenvalue weighted by atomic mass is 9.85. The number of ether oxygens (including phenoxy) is 1. The predicted molar refractivity (Wildman–Crippen MR) is 94.8 cm³/mol. The van der Waals surface area contributed by atoms with E-state index in [-0.39, 0.29) is 17.3 Å². The first-order valence-electron chi connectivity index (χ1n) is 8.46. The van der Waals surface area contributed by atoms with Crippen LogP contribution in [0.4, 0.5) is 18.9 Å². The monoisotopic (exact) mass is 396 g/mol. The van der Waals surface area contributed by atoms with Crippen LogP contribution in [-0.2, 0) is 10.3 Å². The molecule has 1 aromatic heterocycles. The van der Waals surface area contributed by atoms with Crippen molar-refractivity contribution in [3.05, 3.63) is 47.4 Å². The van der Waals surface area contributed by atoms with Crippen LogP contribution in [0.3, 0.4) is 0 Å². The van der Waals surface area contributed by atoms with Gasteiger partial charge in [-0.05, 0) is 25.1 Å². The molecule has 0 radical (unpaired) electrons. The second-order valence-electron chi connectivity index (χ2n) is 6.88. The second-order valence-corrected chi connectivity index (χ2v) is 6.88. The Morgan fingerprint density at radius 1 is 1.36 bits per heavy atom. The molecule has 0 spiro atoms. The lowest BCUT2D eigenvalue weighted by Gasteiger charge is -2.37. The molecule has 1 aliphatic heterocycles. The number of nitrogens with two attached hydrogens (primary N) is 1. The van der Waals surface area contributed by atoms with Crippen molar-refractivity contribution < 1.29 is 27.1 Å². The minimum atomic E-state index is -3.52. The molecule has 0 saturated carbocycles. The van der Waals surface area contributed by atoms with Crippen molar-refractivity contribution in [2.24, 2.45) is 10.7 Å². The lowest BCUT2D eigenvalue weighted by molar-refractivity contribution is -0.117. The van der Waals surface area contributed by atoms with Crippen molar-refractivity contribution in [1.82, 2.24) is 4.98 Å². The van der Waals surface area contributed by atoms with Gasteiger partial charge in [0.1, 0.15) is 11.6 Å². The van der Waals surface area contributed by atoms with Crippen molar-refractivity contribution in [2.75, 3.05) is 11.9 Å². The van der Waals surface area contributed by atoms with Crippen LogP contribution in [0, 0.1) is 5.82 Å². The third-order valence-corrected chi connectivity index (χ3v) is 4.53. The predicted octanol–water partition coefficient (Wildman–Crippen LogP) is 3.38. The average Bonchev–Trinajstić information content (AvgIpc) is 3.10. The Morgan fingerprint density at radius 2 is 2.07 bits per heavy atom. The van der Waals surface area contributed by atoms with E-state index in [0.717, 1.165) is 25.5 Å². The summed E-state index contributed by atoms with van der Waals surface area (Å²) in [6.07, 6.45) is 1.14. The van der Waals surface area contributed by atoms with Gasteiger partial charge in [0.25, 0.3) is 11.9 Å². The van der Waals surface area contributed by atoms with Gasteiger partial charge in [0.05, 0.1) is 0 Å². The molecule has 28 heavy (non-hydrogen) atoms. The van der Waals surface area contributed by atoms with Crippen LogP contribution in [0.25, 0.3) is 0 Å². The quantitative estimate of drug-likeness (QED) is 0.825.